The van der Waals surface area contributed by atoms with Gasteiger partial charge in [0.15, 0.2) is 11.5 Å². The summed E-state index contributed by atoms with van der Waals surface area (Å²) in [6.45, 7) is 1.83. The van der Waals surface area contributed by atoms with E-state index in [2.05, 4.69) is 5.32 Å². The summed E-state index contributed by atoms with van der Waals surface area (Å²) < 4.78 is 15.9. The van der Waals surface area contributed by atoms with Crippen LogP contribution in [0.25, 0.3) is 0 Å². The topological polar surface area (TPSA) is 56.8 Å². The maximum atomic E-state index is 12.7. The van der Waals surface area contributed by atoms with Gasteiger partial charge >= 0.3 is 0 Å². The molecule has 0 aliphatic rings. The number of methoxy groups -OCH3 is 3. The molecule has 2 rings (SSSR count). The van der Waals surface area contributed by atoms with Crippen LogP contribution in [0.1, 0.15) is 28.9 Å². The van der Waals surface area contributed by atoms with Gasteiger partial charge in [-0.25, -0.2) is 0 Å². The third-order valence-electron chi connectivity index (χ3n) is 3.73. The van der Waals surface area contributed by atoms with E-state index >= 15 is 0 Å². The molecule has 2 aromatic rings. The Morgan fingerprint density at radius 1 is 1.00 bits per heavy atom. The van der Waals surface area contributed by atoms with Crippen molar-refractivity contribution in [3.63, 3.8) is 0 Å². The van der Waals surface area contributed by atoms with Crippen LogP contribution < -0.4 is 19.5 Å². The molecule has 5 nitrogen and oxygen atoms in total. The summed E-state index contributed by atoms with van der Waals surface area (Å²) in [6, 6.07) is 8.08. The first-order valence-electron chi connectivity index (χ1n) is 7.47. The second-order valence-electron chi connectivity index (χ2n) is 5.24. The Morgan fingerprint density at radius 2 is 1.68 bits per heavy atom. The van der Waals surface area contributed by atoms with Crippen molar-refractivity contribution in [2.45, 2.75) is 13.0 Å². The highest BCUT2D eigenvalue weighted by atomic mass is 35.5. The molecule has 1 amide bonds. The predicted molar refractivity (Wildman–Crippen MR) is 98.4 cm³/mol. The van der Waals surface area contributed by atoms with Crippen LogP contribution in [0.15, 0.2) is 30.3 Å². The van der Waals surface area contributed by atoms with Crippen molar-refractivity contribution in [1.82, 2.24) is 5.32 Å². The number of hydrogen-bond donors (Lipinski definition) is 1. The quantitative estimate of drug-likeness (QED) is 0.796. The number of nitrogens with one attached hydrogen (secondary N) is 1. The van der Waals surface area contributed by atoms with E-state index in [1.807, 2.05) is 6.92 Å². The molecule has 0 spiro atoms. The lowest BCUT2D eigenvalue weighted by Crippen LogP contribution is -2.27. The Hall–Kier alpha value is -2.11. The molecule has 0 saturated carbocycles. The van der Waals surface area contributed by atoms with Crippen molar-refractivity contribution >= 4 is 29.1 Å². The van der Waals surface area contributed by atoms with Crippen LogP contribution in [0, 0.1) is 0 Å². The maximum Gasteiger partial charge on any atom is 0.255 e. The molecule has 0 heterocycles. The fourth-order valence-corrected chi connectivity index (χ4v) is 3.06. The van der Waals surface area contributed by atoms with Gasteiger partial charge in [0.1, 0.15) is 0 Å². The SMILES string of the molecule is COc1ccc(C(=O)N[C@@H](C)c2ccc(Cl)cc2Cl)c(OC)c1OC. The third-order valence-corrected chi connectivity index (χ3v) is 4.29. The normalized spacial score (nSPS) is 11.6. The summed E-state index contributed by atoms with van der Waals surface area (Å²) in [5, 5.41) is 3.92. The molecule has 0 fully saturated rings. The number of carbonyl (C=O) groups is 1. The number of rotatable bonds is 6. The second-order valence-corrected chi connectivity index (χ2v) is 6.09. The summed E-state index contributed by atoms with van der Waals surface area (Å²) in [7, 11) is 4.47. The molecule has 0 aliphatic carbocycles. The monoisotopic (exact) mass is 383 g/mol. The highest BCUT2D eigenvalue weighted by Gasteiger charge is 2.22. The average molecular weight is 384 g/mol. The van der Waals surface area contributed by atoms with E-state index in [1.165, 1.54) is 21.3 Å². The smallest absolute Gasteiger partial charge is 0.255 e. The summed E-state index contributed by atoms with van der Waals surface area (Å²) >= 11 is 12.1. The van der Waals surface area contributed by atoms with Gasteiger partial charge in [0.25, 0.3) is 5.91 Å². The van der Waals surface area contributed by atoms with E-state index in [1.54, 1.807) is 30.3 Å². The minimum atomic E-state index is -0.324. The summed E-state index contributed by atoms with van der Waals surface area (Å²) in [5.74, 6) is 0.810. The number of benzene rings is 2. The third kappa shape index (κ3) is 4.11. The van der Waals surface area contributed by atoms with E-state index in [9.17, 15) is 4.79 Å². The molecular weight excluding hydrogens is 365 g/mol. The average Bonchev–Trinajstić information content (AvgIpc) is 2.59. The maximum absolute atomic E-state index is 12.7. The predicted octanol–water partition coefficient (Wildman–Crippen LogP) is 4.51. The van der Waals surface area contributed by atoms with Gasteiger partial charge in [-0.15, -0.1) is 0 Å². The minimum Gasteiger partial charge on any atom is -0.493 e. The van der Waals surface area contributed by atoms with Gasteiger partial charge in [-0.2, -0.15) is 0 Å². The first-order chi connectivity index (χ1) is 11.9. The Labute approximate surface area is 156 Å². The summed E-state index contributed by atoms with van der Waals surface area (Å²) in [5.41, 5.74) is 1.09. The van der Waals surface area contributed by atoms with Gasteiger partial charge in [0.2, 0.25) is 5.75 Å². The molecule has 1 atom stereocenters. The van der Waals surface area contributed by atoms with Crippen LogP contribution in [0.4, 0.5) is 0 Å². The van der Waals surface area contributed by atoms with Gasteiger partial charge < -0.3 is 19.5 Å². The van der Waals surface area contributed by atoms with Crippen LogP contribution >= 0.6 is 23.2 Å². The van der Waals surface area contributed by atoms with Crippen LogP contribution in [-0.4, -0.2) is 27.2 Å². The van der Waals surface area contributed by atoms with E-state index < -0.39 is 0 Å². The Kier molecular flexibility index (Phi) is 6.39. The van der Waals surface area contributed by atoms with Gasteiger partial charge in [-0.05, 0) is 36.8 Å². The fourth-order valence-electron chi connectivity index (χ4n) is 2.48. The zero-order chi connectivity index (χ0) is 18.6. The number of halogens is 2. The highest BCUT2D eigenvalue weighted by Crippen LogP contribution is 2.40. The van der Waals surface area contributed by atoms with Gasteiger partial charge in [0.05, 0.1) is 32.9 Å². The molecule has 0 radical (unpaired) electrons. The van der Waals surface area contributed by atoms with Crippen LogP contribution in [-0.2, 0) is 0 Å². The molecular formula is C18H19Cl2NO4. The van der Waals surface area contributed by atoms with E-state index in [-0.39, 0.29) is 11.9 Å². The molecule has 0 unspecified atom stereocenters. The Morgan fingerprint density at radius 3 is 2.24 bits per heavy atom. The Bertz CT molecular complexity index is 780. The largest absolute Gasteiger partial charge is 0.493 e. The molecule has 134 valence electrons. The van der Waals surface area contributed by atoms with E-state index in [4.69, 9.17) is 37.4 Å². The van der Waals surface area contributed by atoms with Crippen LogP contribution in [0.5, 0.6) is 17.2 Å². The fraction of sp³-hybridized carbons (Fsp3) is 0.278. The molecule has 0 aromatic heterocycles. The first-order valence-corrected chi connectivity index (χ1v) is 8.23. The van der Waals surface area contributed by atoms with Gasteiger partial charge in [-0.3, -0.25) is 4.79 Å². The summed E-state index contributed by atoms with van der Waals surface area (Å²) in [6.07, 6.45) is 0. The zero-order valence-electron chi connectivity index (χ0n) is 14.4. The molecule has 2 aromatic carbocycles. The molecule has 25 heavy (non-hydrogen) atoms. The number of hydrogen-bond acceptors (Lipinski definition) is 4. The molecule has 0 bridgehead atoms. The van der Waals surface area contributed by atoms with Gasteiger partial charge in [0, 0.05) is 10.0 Å². The molecule has 7 heteroatoms. The van der Waals surface area contributed by atoms with Crippen molar-refractivity contribution < 1.29 is 19.0 Å². The van der Waals surface area contributed by atoms with Gasteiger partial charge in [-0.1, -0.05) is 29.3 Å². The van der Waals surface area contributed by atoms with E-state index in [0.717, 1.165) is 5.56 Å². The van der Waals surface area contributed by atoms with E-state index in [0.29, 0.717) is 32.9 Å². The first kappa shape index (κ1) is 19.2. The van der Waals surface area contributed by atoms with Crippen molar-refractivity contribution in [1.29, 1.82) is 0 Å². The van der Waals surface area contributed by atoms with Crippen molar-refractivity contribution in [2.75, 3.05) is 21.3 Å². The Balaban J connectivity index is 2.31. The number of amides is 1. The standard InChI is InChI=1S/C18H19Cl2NO4/c1-10(12-6-5-11(19)9-14(12)20)21-18(22)13-7-8-15(23-2)17(25-4)16(13)24-3/h5-10H,1-4H3,(H,21,22)/t10-/m0/s1. The zero-order valence-corrected chi connectivity index (χ0v) is 15.9. The molecule has 0 saturated heterocycles. The van der Waals surface area contributed by atoms with Crippen molar-refractivity contribution in [3.8, 4) is 17.2 Å². The van der Waals surface area contributed by atoms with Crippen LogP contribution in [0.2, 0.25) is 10.0 Å². The lowest BCUT2D eigenvalue weighted by atomic mass is 10.1. The second kappa shape index (κ2) is 8.32. The van der Waals surface area contributed by atoms with Crippen molar-refractivity contribution in [3.05, 3.63) is 51.5 Å². The summed E-state index contributed by atoms with van der Waals surface area (Å²) in [4.78, 5) is 12.7. The minimum absolute atomic E-state index is 0.300. The van der Waals surface area contributed by atoms with Crippen molar-refractivity contribution in [2.24, 2.45) is 0 Å². The lowest BCUT2D eigenvalue weighted by Gasteiger charge is -2.19. The lowest BCUT2D eigenvalue weighted by molar-refractivity contribution is 0.0936. The number of ether oxygens (including phenoxy) is 3. The number of carbonyl (C=O) groups excluding carboxylic acids is 1. The highest BCUT2D eigenvalue weighted by molar-refractivity contribution is 6.35. The molecule has 1 N–H and O–H groups in total. The molecule has 0 aliphatic heterocycles. The van der Waals surface area contributed by atoms with Crippen LogP contribution in [0.3, 0.4) is 0 Å².